The summed E-state index contributed by atoms with van der Waals surface area (Å²) in [6.07, 6.45) is 6.38. The van der Waals surface area contributed by atoms with Gasteiger partial charge in [-0.05, 0) is 80.8 Å². The van der Waals surface area contributed by atoms with Gasteiger partial charge in [-0.3, -0.25) is 0 Å². The maximum atomic E-state index is 12.7. The largest absolute Gasteiger partial charge is 0.371 e. The molecular formula is C26H33Cl2N6OP. The molecule has 7 nitrogen and oxygen atoms in total. The zero-order valence-corrected chi connectivity index (χ0v) is 23.0. The number of rotatable bonds is 6. The molecule has 10 heteroatoms. The molecule has 3 aromatic rings. The number of halogens is 2. The van der Waals surface area contributed by atoms with Gasteiger partial charge in [-0.1, -0.05) is 23.7 Å². The van der Waals surface area contributed by atoms with E-state index in [-0.39, 0.29) is 12.4 Å². The minimum Gasteiger partial charge on any atom is -0.371 e. The highest BCUT2D eigenvalue weighted by Gasteiger charge is 2.44. The fourth-order valence-corrected chi connectivity index (χ4v) is 6.57. The molecule has 2 aromatic carbocycles. The van der Waals surface area contributed by atoms with Crippen LogP contribution < -0.4 is 26.6 Å². The van der Waals surface area contributed by atoms with Crippen molar-refractivity contribution in [3.05, 3.63) is 59.8 Å². The van der Waals surface area contributed by atoms with Crippen LogP contribution >= 0.6 is 31.1 Å². The number of aromatic nitrogens is 2. The van der Waals surface area contributed by atoms with Crippen LogP contribution in [0.15, 0.2) is 54.7 Å². The Morgan fingerprint density at radius 2 is 1.72 bits per heavy atom. The second-order valence-corrected chi connectivity index (χ2v) is 13.8. The molecule has 0 unspecified atom stereocenters. The number of hydrogen-bond acceptors (Lipinski definition) is 7. The Labute approximate surface area is 224 Å². The number of anilines is 5. The van der Waals surface area contributed by atoms with Crippen LogP contribution in [0, 0.1) is 5.41 Å². The van der Waals surface area contributed by atoms with Crippen molar-refractivity contribution in [3.8, 4) is 0 Å². The van der Waals surface area contributed by atoms with Gasteiger partial charge < -0.3 is 25.8 Å². The fraction of sp³-hybridized carbons (Fsp3) is 0.385. The lowest BCUT2D eigenvalue weighted by molar-refractivity contribution is 0.0713. The Balaban J connectivity index is 0.00000304. The molecular weight excluding hydrogens is 514 g/mol. The van der Waals surface area contributed by atoms with Crippen LogP contribution in [-0.2, 0) is 4.57 Å². The maximum absolute atomic E-state index is 12.7. The van der Waals surface area contributed by atoms with E-state index in [4.69, 9.17) is 17.3 Å². The first-order valence-electron chi connectivity index (χ1n) is 12.0. The number of nitrogens with two attached hydrogens (primary N) is 1. The van der Waals surface area contributed by atoms with Crippen molar-refractivity contribution < 1.29 is 4.57 Å². The molecule has 0 amide bonds. The molecule has 2 heterocycles. The molecule has 1 saturated heterocycles. The molecule has 1 aliphatic carbocycles. The smallest absolute Gasteiger partial charge is 0.229 e. The van der Waals surface area contributed by atoms with E-state index >= 15 is 0 Å². The topological polar surface area (TPSA) is 96.2 Å². The predicted octanol–water partition coefficient (Wildman–Crippen LogP) is 5.99. The highest BCUT2D eigenvalue weighted by molar-refractivity contribution is 7.70. The third-order valence-corrected chi connectivity index (χ3v) is 9.01. The highest BCUT2D eigenvalue weighted by atomic mass is 35.5. The van der Waals surface area contributed by atoms with Crippen molar-refractivity contribution in [1.82, 2.24) is 9.97 Å². The first-order chi connectivity index (χ1) is 16.7. The van der Waals surface area contributed by atoms with Gasteiger partial charge in [0.1, 0.15) is 12.2 Å². The van der Waals surface area contributed by atoms with E-state index in [2.05, 4.69) is 37.6 Å². The molecule has 1 aliphatic heterocycles. The van der Waals surface area contributed by atoms with Gasteiger partial charge in [-0.2, -0.15) is 4.98 Å². The van der Waals surface area contributed by atoms with Crippen molar-refractivity contribution >= 4 is 65.3 Å². The zero-order valence-electron chi connectivity index (χ0n) is 20.6. The number of benzene rings is 2. The van der Waals surface area contributed by atoms with Crippen molar-refractivity contribution in [2.45, 2.75) is 31.7 Å². The summed E-state index contributed by atoms with van der Waals surface area (Å²) >= 11 is 6.37. The molecule has 192 valence electrons. The summed E-state index contributed by atoms with van der Waals surface area (Å²) in [4.78, 5) is 11.3. The van der Waals surface area contributed by atoms with Gasteiger partial charge in [0, 0.05) is 35.8 Å². The molecule has 0 atom stereocenters. The van der Waals surface area contributed by atoms with Crippen LogP contribution in [0.25, 0.3) is 0 Å². The standard InChI is InChI=1S/C26H32ClN6OP.ClH/c1-35(2,34)23-6-4-3-5-22(23)31-24-21(27)17-29-25(32-24)30-19-7-9-20(10-8-19)33-13-11-26(12-14-33)15-18(28)16-26;/h3-10,17-18H,11-16,28H2,1-2H3,(H2,29,30,31,32);1H. The molecule has 1 saturated carbocycles. The number of nitrogens with one attached hydrogen (secondary N) is 2. The molecule has 36 heavy (non-hydrogen) atoms. The fourth-order valence-electron chi connectivity index (χ4n) is 5.28. The summed E-state index contributed by atoms with van der Waals surface area (Å²) in [5, 5.41) is 7.64. The SMILES string of the molecule is CP(C)(=O)c1ccccc1Nc1nc(Nc2ccc(N3CCC4(CC3)CC(N)C4)cc2)ncc1Cl.Cl. The second-order valence-electron chi connectivity index (χ2n) is 10.2. The van der Waals surface area contributed by atoms with Gasteiger partial charge in [-0.15, -0.1) is 12.4 Å². The van der Waals surface area contributed by atoms with Crippen LogP contribution in [0.3, 0.4) is 0 Å². The van der Waals surface area contributed by atoms with E-state index in [1.807, 2.05) is 36.4 Å². The number of piperidine rings is 1. The molecule has 0 radical (unpaired) electrons. The minimum atomic E-state index is -2.47. The van der Waals surface area contributed by atoms with Crippen molar-refractivity contribution in [2.24, 2.45) is 11.1 Å². The zero-order chi connectivity index (χ0) is 24.6. The maximum Gasteiger partial charge on any atom is 0.229 e. The van der Waals surface area contributed by atoms with Gasteiger partial charge in [0.15, 0.2) is 5.82 Å². The van der Waals surface area contributed by atoms with Crippen LogP contribution in [0.5, 0.6) is 0 Å². The first-order valence-corrected chi connectivity index (χ1v) is 15.0. The summed E-state index contributed by atoms with van der Waals surface area (Å²) in [5.41, 5.74) is 9.39. The Hall–Kier alpha value is -2.31. The Kier molecular flexibility index (Phi) is 7.86. The van der Waals surface area contributed by atoms with Crippen LogP contribution in [0.4, 0.5) is 28.8 Å². The Morgan fingerprint density at radius 1 is 1.06 bits per heavy atom. The van der Waals surface area contributed by atoms with Crippen LogP contribution in [-0.4, -0.2) is 42.4 Å². The molecule has 1 aromatic heterocycles. The Bertz CT molecular complexity index is 1250. The minimum absolute atomic E-state index is 0. The van der Waals surface area contributed by atoms with E-state index in [0.29, 0.717) is 28.2 Å². The van der Waals surface area contributed by atoms with E-state index in [1.54, 1.807) is 19.5 Å². The van der Waals surface area contributed by atoms with Gasteiger partial charge in [0.2, 0.25) is 5.95 Å². The lowest BCUT2D eigenvalue weighted by Crippen LogP contribution is -2.52. The third kappa shape index (κ3) is 5.81. The summed E-state index contributed by atoms with van der Waals surface area (Å²) < 4.78 is 12.7. The summed E-state index contributed by atoms with van der Waals surface area (Å²) in [6.45, 7) is 5.66. The average Bonchev–Trinajstić information content (AvgIpc) is 2.81. The molecule has 4 N–H and O–H groups in total. The summed E-state index contributed by atoms with van der Waals surface area (Å²) in [6, 6.07) is 16.3. The molecule has 1 spiro atoms. The highest BCUT2D eigenvalue weighted by Crippen LogP contribution is 2.48. The molecule has 5 rings (SSSR count). The second kappa shape index (κ2) is 10.6. The van der Waals surface area contributed by atoms with Gasteiger partial charge in [0.05, 0.1) is 11.9 Å². The first kappa shape index (κ1) is 26.7. The van der Waals surface area contributed by atoms with E-state index < -0.39 is 7.14 Å². The van der Waals surface area contributed by atoms with Crippen LogP contribution in [0.1, 0.15) is 25.7 Å². The molecule has 0 bridgehead atoms. The molecule has 2 fully saturated rings. The third-order valence-electron chi connectivity index (χ3n) is 7.18. The average molecular weight is 547 g/mol. The van der Waals surface area contributed by atoms with E-state index in [9.17, 15) is 4.57 Å². The van der Waals surface area contributed by atoms with Gasteiger partial charge in [0.25, 0.3) is 0 Å². The van der Waals surface area contributed by atoms with Gasteiger partial charge >= 0.3 is 0 Å². The lowest BCUT2D eigenvalue weighted by atomic mass is 9.61. The lowest BCUT2D eigenvalue weighted by Gasteiger charge is -2.51. The number of para-hydroxylation sites is 1. The predicted molar refractivity (Wildman–Crippen MR) is 154 cm³/mol. The summed E-state index contributed by atoms with van der Waals surface area (Å²) in [5.74, 6) is 0.888. The van der Waals surface area contributed by atoms with E-state index in [0.717, 1.165) is 29.8 Å². The monoisotopic (exact) mass is 546 g/mol. The number of nitrogens with zero attached hydrogens (tertiary/aromatic N) is 3. The molecule has 2 aliphatic rings. The van der Waals surface area contributed by atoms with E-state index in [1.165, 1.54) is 31.4 Å². The summed E-state index contributed by atoms with van der Waals surface area (Å²) in [7, 11) is -2.47. The Morgan fingerprint density at radius 3 is 2.36 bits per heavy atom. The van der Waals surface area contributed by atoms with Gasteiger partial charge in [-0.25, -0.2) is 4.98 Å². The van der Waals surface area contributed by atoms with Crippen molar-refractivity contribution in [2.75, 3.05) is 42.0 Å². The van der Waals surface area contributed by atoms with Crippen molar-refractivity contribution in [1.29, 1.82) is 0 Å². The quantitative estimate of drug-likeness (QED) is 0.326. The normalized spacial score (nSPS) is 17.3. The number of hydrogen-bond donors (Lipinski definition) is 3. The van der Waals surface area contributed by atoms with Crippen molar-refractivity contribution in [3.63, 3.8) is 0 Å². The van der Waals surface area contributed by atoms with Crippen LogP contribution in [0.2, 0.25) is 5.02 Å².